The Kier molecular flexibility index (Phi) is 11.0. The molecule has 0 aromatic heterocycles. The number of allylic oxidation sites excluding steroid dienone is 4. The van der Waals surface area contributed by atoms with Gasteiger partial charge in [-0.2, -0.15) is 0 Å². The third-order valence-electron chi connectivity index (χ3n) is 9.83. The molecule has 0 N–H and O–H groups in total. The first-order chi connectivity index (χ1) is 21.5. The number of rotatable bonds is 3. The fraction of sp³-hybridized carbons (Fsp3) is 0.333. The van der Waals surface area contributed by atoms with Gasteiger partial charge in [0, 0.05) is 0 Å². The second kappa shape index (κ2) is 13.7. The predicted octanol–water partition coefficient (Wildman–Crippen LogP) is 4.53. The maximum atomic E-state index is 2.56. The maximum Gasteiger partial charge on any atom is -1.00 e. The Balaban J connectivity index is 0.00000260. The van der Waals surface area contributed by atoms with Crippen molar-refractivity contribution in [2.45, 2.75) is 87.0 Å². The van der Waals surface area contributed by atoms with E-state index >= 15 is 0 Å². The standard InChI is InChI=1S/C45H49.2ClH.Zr/c1-28-17-19-31(20-18-28)40(30-15-13-12-14-16-30)39-27-37-35-22-21-33(43(3,4)5)24-32(35)25-38(37)41(42(39)45(9,10)11)36-26-34(23-29(36)2)44(6,7)8;;;/h12-24,26-27,29H,1-11H3;2*1H;/q;;;+2/p-2. The average Bonchev–Trinajstić information content (AvgIpc) is 3.50. The number of halogens is 2. The van der Waals surface area contributed by atoms with Crippen molar-refractivity contribution in [2.24, 2.45) is 11.3 Å². The molecule has 0 saturated heterocycles. The van der Waals surface area contributed by atoms with Crippen LogP contribution in [-0.2, 0) is 35.5 Å². The molecule has 2 aliphatic carbocycles. The Morgan fingerprint density at radius 2 is 1.25 bits per heavy atom. The largest absolute Gasteiger partial charge is 1.00 e. The molecule has 0 amide bonds. The van der Waals surface area contributed by atoms with Crippen LogP contribution in [0.25, 0.3) is 25.6 Å². The van der Waals surface area contributed by atoms with Crippen LogP contribution in [0.3, 0.4) is 0 Å². The Morgan fingerprint density at radius 3 is 1.79 bits per heavy atom. The van der Waals surface area contributed by atoms with E-state index in [-0.39, 0.29) is 41.1 Å². The molecule has 0 heterocycles. The van der Waals surface area contributed by atoms with Gasteiger partial charge in [-0.3, -0.25) is 0 Å². The van der Waals surface area contributed by atoms with E-state index in [1.165, 1.54) is 105 Å². The van der Waals surface area contributed by atoms with Gasteiger partial charge >= 0.3 is 295 Å². The summed E-state index contributed by atoms with van der Waals surface area (Å²) < 4.78 is 1.49. The van der Waals surface area contributed by atoms with Gasteiger partial charge in [0.05, 0.1) is 0 Å². The van der Waals surface area contributed by atoms with Gasteiger partial charge in [0.15, 0.2) is 0 Å². The molecule has 0 aliphatic heterocycles. The zero-order valence-electron chi connectivity index (χ0n) is 30.5. The van der Waals surface area contributed by atoms with E-state index in [0.29, 0.717) is 5.92 Å². The molecule has 1 unspecified atom stereocenters. The van der Waals surface area contributed by atoms with E-state index in [0.717, 1.165) is 0 Å². The van der Waals surface area contributed by atoms with E-state index in [4.69, 9.17) is 0 Å². The molecule has 0 fully saturated rings. The minimum atomic E-state index is -0.100. The fourth-order valence-electron chi connectivity index (χ4n) is 7.28. The van der Waals surface area contributed by atoms with Gasteiger partial charge in [-0.1, -0.05) is 0 Å². The number of fused-ring (bicyclic) bond motifs is 3. The van der Waals surface area contributed by atoms with Crippen LogP contribution in [0, 0.1) is 18.3 Å². The topological polar surface area (TPSA) is 0 Å². The molecule has 4 aromatic carbocycles. The number of hydrogen-bond acceptors (Lipinski definition) is 0. The first kappa shape index (κ1) is 38.4. The molecule has 247 valence electrons. The zero-order chi connectivity index (χ0) is 33.3. The Morgan fingerprint density at radius 1 is 0.646 bits per heavy atom. The molecule has 0 radical (unpaired) electrons. The summed E-state index contributed by atoms with van der Waals surface area (Å²) in [4.78, 5) is 0. The van der Waals surface area contributed by atoms with Crippen LogP contribution in [0.5, 0.6) is 0 Å². The molecule has 4 aromatic rings. The molecule has 2 aliphatic rings. The van der Waals surface area contributed by atoms with E-state index < -0.39 is 0 Å². The summed E-state index contributed by atoms with van der Waals surface area (Å²) in [5.74, 6) is 0.340. The SMILES string of the molecule is Cc1ccc(C(c2ccccc2)=c2cc3c(c(C4=CC(C(C)(C)C)=CC4C)c2C(C)(C)C)=[C]([Zr+2])c2cc(C(C)(C)C)ccc2-3)cc1.[Cl-].[Cl-]. The third-order valence-corrected chi connectivity index (χ3v) is 11.1. The van der Waals surface area contributed by atoms with Crippen LogP contribution in [0.1, 0.15) is 108 Å². The average molecular weight is 752 g/mol. The maximum absolute atomic E-state index is 2.56. The summed E-state index contributed by atoms with van der Waals surface area (Å²) in [7, 11) is 0. The summed E-state index contributed by atoms with van der Waals surface area (Å²) in [6, 6.07) is 30.1. The van der Waals surface area contributed by atoms with Gasteiger partial charge in [-0.15, -0.1) is 0 Å². The van der Waals surface area contributed by atoms with Crippen molar-refractivity contribution in [1.82, 2.24) is 0 Å². The molecule has 48 heavy (non-hydrogen) atoms. The number of benzene rings is 4. The molecule has 0 bridgehead atoms. The van der Waals surface area contributed by atoms with Crippen molar-refractivity contribution in [3.63, 3.8) is 0 Å². The first-order valence-corrected chi connectivity index (χ1v) is 18.1. The van der Waals surface area contributed by atoms with Crippen LogP contribution < -0.4 is 35.3 Å². The van der Waals surface area contributed by atoms with Crippen molar-refractivity contribution in [3.8, 4) is 11.1 Å². The Labute approximate surface area is 317 Å². The molecule has 3 heteroatoms. The van der Waals surface area contributed by atoms with Gasteiger partial charge < -0.3 is 24.8 Å². The molecule has 1 atom stereocenters. The van der Waals surface area contributed by atoms with Crippen molar-refractivity contribution >= 4 is 14.4 Å². The van der Waals surface area contributed by atoms with Gasteiger partial charge in [0.2, 0.25) is 0 Å². The predicted molar refractivity (Wildman–Crippen MR) is 195 cm³/mol. The first-order valence-electron chi connectivity index (χ1n) is 16.9. The van der Waals surface area contributed by atoms with Crippen LogP contribution in [0.15, 0.2) is 96.6 Å². The zero-order valence-corrected chi connectivity index (χ0v) is 34.5. The number of hydrogen-bond donors (Lipinski definition) is 0. The molecular weight excluding hydrogens is 703 g/mol. The summed E-state index contributed by atoms with van der Waals surface area (Å²) in [5, 5.41) is 2.82. The van der Waals surface area contributed by atoms with E-state index in [9.17, 15) is 0 Å². The summed E-state index contributed by atoms with van der Waals surface area (Å²) in [5.41, 5.74) is 16.6. The quantitative estimate of drug-likeness (QED) is 0.289. The van der Waals surface area contributed by atoms with Gasteiger partial charge in [0.1, 0.15) is 0 Å². The van der Waals surface area contributed by atoms with Crippen LogP contribution in [0.2, 0.25) is 0 Å². The van der Waals surface area contributed by atoms with Crippen molar-refractivity contribution < 1.29 is 49.5 Å². The van der Waals surface area contributed by atoms with E-state index in [1.54, 1.807) is 0 Å². The molecular formula is C45H49Cl2Zr. The van der Waals surface area contributed by atoms with Crippen LogP contribution >= 0.6 is 0 Å². The minimum absolute atomic E-state index is 0. The smallest absolute Gasteiger partial charge is 1.00 e. The van der Waals surface area contributed by atoms with Crippen molar-refractivity contribution in [1.29, 1.82) is 0 Å². The molecule has 0 spiro atoms. The summed E-state index contributed by atoms with van der Waals surface area (Å²) in [6.45, 7) is 25.9. The Bertz CT molecular complexity index is 2040. The number of aryl methyl sites for hydroxylation is 1. The van der Waals surface area contributed by atoms with Crippen LogP contribution in [0.4, 0.5) is 0 Å². The van der Waals surface area contributed by atoms with Gasteiger partial charge in [0.25, 0.3) is 0 Å². The Hall–Kier alpha value is -2.44. The van der Waals surface area contributed by atoms with Crippen molar-refractivity contribution in [2.75, 3.05) is 0 Å². The summed E-state index contributed by atoms with van der Waals surface area (Å²) >= 11 is 1.47. The molecule has 0 nitrogen and oxygen atoms in total. The second-order valence-corrected chi connectivity index (χ2v) is 17.8. The molecule has 6 rings (SSSR count). The third kappa shape index (κ3) is 6.95. The normalized spacial score (nSPS) is 16.4. The fourth-order valence-corrected chi connectivity index (χ4v) is 8.43. The van der Waals surface area contributed by atoms with Gasteiger partial charge in [-0.25, -0.2) is 0 Å². The van der Waals surface area contributed by atoms with E-state index in [1.807, 2.05) is 0 Å². The molecule has 0 saturated carbocycles. The van der Waals surface area contributed by atoms with Crippen LogP contribution in [-0.4, -0.2) is 0 Å². The minimum Gasteiger partial charge on any atom is -1.00 e. The summed E-state index contributed by atoms with van der Waals surface area (Å²) in [6.07, 6.45) is 5.06. The van der Waals surface area contributed by atoms with Gasteiger partial charge in [-0.05, 0) is 0 Å². The monoisotopic (exact) mass is 749 g/mol. The van der Waals surface area contributed by atoms with E-state index in [2.05, 4.69) is 167 Å². The second-order valence-electron chi connectivity index (χ2n) is 16.6. The van der Waals surface area contributed by atoms with Crippen molar-refractivity contribution in [3.05, 3.63) is 146 Å².